The van der Waals surface area contributed by atoms with E-state index in [1.807, 2.05) is 24.3 Å². The van der Waals surface area contributed by atoms with Gasteiger partial charge in [-0.25, -0.2) is 5.43 Å². The number of para-hydroxylation sites is 2. The van der Waals surface area contributed by atoms with Crippen LogP contribution in [0.5, 0.6) is 5.75 Å². The first kappa shape index (κ1) is 21.6. The average molecular weight is 446 g/mol. The van der Waals surface area contributed by atoms with E-state index >= 15 is 0 Å². The van der Waals surface area contributed by atoms with E-state index in [0.29, 0.717) is 18.5 Å². The molecule has 2 aromatic rings. The minimum Gasteiger partial charge on any atom is -0.506 e. The van der Waals surface area contributed by atoms with E-state index in [2.05, 4.69) is 31.8 Å². The SMILES string of the molecule is O=C(CCCCCCC(=O)Nc1ccccc1O)N/N=C/c1ccccc1Br. The molecule has 2 rings (SSSR count). The maximum atomic E-state index is 11.9. The molecular formula is C21H24BrN3O3. The number of hydrogen-bond acceptors (Lipinski definition) is 4. The van der Waals surface area contributed by atoms with Crippen LogP contribution < -0.4 is 10.7 Å². The number of anilines is 1. The van der Waals surface area contributed by atoms with Crippen LogP contribution in [0.1, 0.15) is 44.1 Å². The molecule has 0 aliphatic rings. The van der Waals surface area contributed by atoms with Gasteiger partial charge in [-0.2, -0.15) is 5.10 Å². The van der Waals surface area contributed by atoms with E-state index in [-0.39, 0.29) is 17.6 Å². The number of halogens is 1. The summed E-state index contributed by atoms with van der Waals surface area (Å²) >= 11 is 3.42. The number of aromatic hydroxyl groups is 1. The Kier molecular flexibility index (Phi) is 9.21. The molecule has 0 fully saturated rings. The van der Waals surface area contributed by atoms with Crippen molar-refractivity contribution in [1.29, 1.82) is 0 Å². The third kappa shape index (κ3) is 7.92. The van der Waals surface area contributed by atoms with Gasteiger partial charge in [0.1, 0.15) is 5.75 Å². The Morgan fingerprint density at radius 1 is 0.929 bits per heavy atom. The van der Waals surface area contributed by atoms with Crippen LogP contribution in [0.2, 0.25) is 0 Å². The molecule has 2 amide bonds. The van der Waals surface area contributed by atoms with Crippen molar-refractivity contribution in [1.82, 2.24) is 5.43 Å². The zero-order valence-corrected chi connectivity index (χ0v) is 17.1. The van der Waals surface area contributed by atoms with Crippen molar-refractivity contribution >= 4 is 39.6 Å². The Hall–Kier alpha value is -2.67. The fourth-order valence-electron chi connectivity index (χ4n) is 2.53. The highest BCUT2D eigenvalue weighted by Crippen LogP contribution is 2.21. The first-order chi connectivity index (χ1) is 13.6. The number of nitrogens with one attached hydrogen (secondary N) is 2. The lowest BCUT2D eigenvalue weighted by Crippen LogP contribution is -2.17. The molecule has 148 valence electrons. The number of carbonyl (C=O) groups is 2. The number of phenols is 1. The van der Waals surface area contributed by atoms with E-state index in [4.69, 9.17) is 0 Å². The molecular weight excluding hydrogens is 422 g/mol. The Labute approximate surface area is 173 Å². The van der Waals surface area contributed by atoms with E-state index in [0.717, 1.165) is 35.7 Å². The summed E-state index contributed by atoms with van der Waals surface area (Å²) in [6.45, 7) is 0. The summed E-state index contributed by atoms with van der Waals surface area (Å²) in [7, 11) is 0. The number of hydrazone groups is 1. The van der Waals surface area contributed by atoms with E-state index < -0.39 is 0 Å². The molecule has 0 radical (unpaired) electrons. The van der Waals surface area contributed by atoms with Crippen molar-refractivity contribution in [3.63, 3.8) is 0 Å². The molecule has 0 heterocycles. The molecule has 0 atom stereocenters. The molecule has 28 heavy (non-hydrogen) atoms. The minimum atomic E-state index is -0.124. The lowest BCUT2D eigenvalue weighted by molar-refractivity contribution is -0.121. The highest BCUT2D eigenvalue weighted by Gasteiger charge is 2.06. The quantitative estimate of drug-likeness (QED) is 0.216. The number of unbranched alkanes of at least 4 members (excludes halogenated alkanes) is 3. The molecule has 0 aromatic heterocycles. The maximum absolute atomic E-state index is 11.9. The number of amides is 2. The first-order valence-electron chi connectivity index (χ1n) is 9.20. The number of rotatable bonds is 10. The van der Waals surface area contributed by atoms with Gasteiger partial charge in [-0.15, -0.1) is 0 Å². The predicted molar refractivity (Wildman–Crippen MR) is 114 cm³/mol. The summed E-state index contributed by atoms with van der Waals surface area (Å²) in [6, 6.07) is 14.3. The summed E-state index contributed by atoms with van der Waals surface area (Å²) < 4.78 is 0.916. The van der Waals surface area contributed by atoms with E-state index in [1.54, 1.807) is 24.4 Å². The molecule has 0 aliphatic carbocycles. The predicted octanol–water partition coefficient (Wildman–Crippen LogP) is 4.58. The highest BCUT2D eigenvalue weighted by molar-refractivity contribution is 9.10. The molecule has 0 saturated heterocycles. The van der Waals surface area contributed by atoms with Crippen molar-refractivity contribution in [2.75, 3.05) is 5.32 Å². The van der Waals surface area contributed by atoms with E-state index in [1.165, 1.54) is 6.07 Å². The summed E-state index contributed by atoms with van der Waals surface area (Å²) in [4.78, 5) is 23.6. The number of phenolic OH excluding ortho intramolecular Hbond substituents is 1. The Morgan fingerprint density at radius 2 is 1.57 bits per heavy atom. The molecule has 6 nitrogen and oxygen atoms in total. The number of nitrogens with zero attached hydrogens (tertiary/aromatic N) is 1. The van der Waals surface area contributed by atoms with Crippen molar-refractivity contribution in [3.8, 4) is 5.75 Å². The number of carbonyl (C=O) groups excluding carboxylic acids is 2. The van der Waals surface area contributed by atoms with Crippen LogP contribution in [0.3, 0.4) is 0 Å². The molecule has 0 spiro atoms. The van der Waals surface area contributed by atoms with Gasteiger partial charge < -0.3 is 10.4 Å². The van der Waals surface area contributed by atoms with Crippen molar-refractivity contribution < 1.29 is 14.7 Å². The van der Waals surface area contributed by atoms with Crippen LogP contribution in [0.25, 0.3) is 0 Å². The molecule has 3 N–H and O–H groups in total. The molecule has 0 bridgehead atoms. The van der Waals surface area contributed by atoms with Gasteiger partial charge >= 0.3 is 0 Å². The molecule has 0 saturated carbocycles. The lowest BCUT2D eigenvalue weighted by atomic mass is 10.1. The summed E-state index contributed by atoms with van der Waals surface area (Å²) in [5.41, 5.74) is 3.84. The second kappa shape index (κ2) is 11.9. The lowest BCUT2D eigenvalue weighted by Gasteiger charge is -2.06. The highest BCUT2D eigenvalue weighted by atomic mass is 79.9. The fraction of sp³-hybridized carbons (Fsp3) is 0.286. The molecule has 2 aromatic carbocycles. The van der Waals surface area contributed by atoms with E-state index in [9.17, 15) is 14.7 Å². The smallest absolute Gasteiger partial charge is 0.240 e. The van der Waals surface area contributed by atoms with Gasteiger partial charge in [-0.3, -0.25) is 9.59 Å². The molecule has 0 aliphatic heterocycles. The molecule has 7 heteroatoms. The summed E-state index contributed by atoms with van der Waals surface area (Å²) in [5.74, 6) is -0.189. The Morgan fingerprint density at radius 3 is 2.29 bits per heavy atom. The standard InChI is InChI=1S/C21H24BrN3O3/c22-17-10-6-5-9-16(17)15-23-25-21(28)14-4-2-1-3-13-20(27)24-18-11-7-8-12-19(18)26/h5-12,15,26H,1-4,13-14H2,(H,24,27)(H,25,28)/b23-15+. The van der Waals surface area contributed by atoms with Gasteiger partial charge in [0.05, 0.1) is 11.9 Å². The first-order valence-corrected chi connectivity index (χ1v) is 10.00. The third-order valence-electron chi connectivity index (χ3n) is 4.03. The average Bonchev–Trinajstić information content (AvgIpc) is 2.68. The summed E-state index contributed by atoms with van der Waals surface area (Å²) in [6.07, 6.45) is 5.60. The van der Waals surface area contributed by atoms with Crippen LogP contribution in [-0.4, -0.2) is 23.1 Å². The largest absolute Gasteiger partial charge is 0.506 e. The molecule has 0 unspecified atom stereocenters. The van der Waals surface area contributed by atoms with Gasteiger partial charge in [0.15, 0.2) is 0 Å². The van der Waals surface area contributed by atoms with Crippen LogP contribution in [-0.2, 0) is 9.59 Å². The zero-order valence-electron chi connectivity index (χ0n) is 15.5. The van der Waals surface area contributed by atoms with Gasteiger partial charge in [0.25, 0.3) is 0 Å². The number of hydrogen-bond donors (Lipinski definition) is 3. The Balaban J connectivity index is 1.54. The topological polar surface area (TPSA) is 90.8 Å². The second-order valence-corrected chi connectivity index (χ2v) is 7.15. The third-order valence-corrected chi connectivity index (χ3v) is 4.76. The van der Waals surface area contributed by atoms with Gasteiger partial charge in [-0.05, 0) is 31.0 Å². The second-order valence-electron chi connectivity index (χ2n) is 6.29. The van der Waals surface area contributed by atoms with Crippen LogP contribution >= 0.6 is 15.9 Å². The maximum Gasteiger partial charge on any atom is 0.240 e. The van der Waals surface area contributed by atoms with Crippen molar-refractivity contribution in [2.45, 2.75) is 38.5 Å². The summed E-state index contributed by atoms with van der Waals surface area (Å²) in [5, 5.41) is 16.3. The number of benzene rings is 2. The zero-order chi connectivity index (χ0) is 20.2. The van der Waals surface area contributed by atoms with Crippen LogP contribution in [0, 0.1) is 0 Å². The fourth-order valence-corrected chi connectivity index (χ4v) is 2.91. The van der Waals surface area contributed by atoms with Crippen molar-refractivity contribution in [3.05, 3.63) is 58.6 Å². The van der Waals surface area contributed by atoms with Crippen LogP contribution in [0.4, 0.5) is 5.69 Å². The Bertz CT molecular complexity index is 824. The monoisotopic (exact) mass is 445 g/mol. The minimum absolute atomic E-state index is 0.0594. The van der Waals surface area contributed by atoms with Gasteiger partial charge in [0, 0.05) is 22.9 Å². The van der Waals surface area contributed by atoms with Gasteiger partial charge in [0.2, 0.25) is 11.8 Å². The normalized spacial score (nSPS) is 10.8. The van der Waals surface area contributed by atoms with Crippen molar-refractivity contribution in [2.24, 2.45) is 5.10 Å². The van der Waals surface area contributed by atoms with Gasteiger partial charge in [-0.1, -0.05) is 59.1 Å². The van der Waals surface area contributed by atoms with Crippen LogP contribution in [0.15, 0.2) is 58.1 Å².